The first-order valence-electron chi connectivity index (χ1n) is 16.0. The molecule has 0 heterocycles. The average Bonchev–Trinajstić information content (AvgIpc) is 2.89. The highest BCUT2D eigenvalue weighted by molar-refractivity contribution is 4.90. The molecule has 0 unspecified atom stereocenters. The van der Waals surface area contributed by atoms with Gasteiger partial charge in [-0.05, 0) is 137 Å². The highest BCUT2D eigenvalue weighted by atomic mass is 16.5. The minimum atomic E-state index is 0.783. The van der Waals surface area contributed by atoms with E-state index in [1.165, 1.54) is 116 Å². The largest absolute Gasteiger partial charge is 0.373 e. The van der Waals surface area contributed by atoms with Crippen LogP contribution in [0.4, 0.5) is 0 Å². The van der Waals surface area contributed by atoms with Crippen LogP contribution in [0.25, 0.3) is 0 Å². The zero-order valence-electron chi connectivity index (χ0n) is 23.5. The van der Waals surface area contributed by atoms with E-state index >= 15 is 0 Å². The molecule has 4 fully saturated rings. The fraction of sp³-hybridized carbons (Fsp3) is 0.882. The Morgan fingerprint density at radius 1 is 0.429 bits per heavy atom. The Bertz CT molecular complexity index is 549. The third-order valence-electron chi connectivity index (χ3n) is 10.9. The van der Waals surface area contributed by atoms with Crippen LogP contribution in [0.1, 0.15) is 129 Å². The first kappa shape index (κ1) is 27.5. The van der Waals surface area contributed by atoms with Crippen molar-refractivity contribution in [2.45, 2.75) is 129 Å². The van der Waals surface area contributed by atoms with E-state index in [9.17, 15) is 0 Å². The fourth-order valence-corrected chi connectivity index (χ4v) is 8.22. The van der Waals surface area contributed by atoms with Gasteiger partial charge in [0.2, 0.25) is 0 Å². The van der Waals surface area contributed by atoms with Crippen molar-refractivity contribution in [2.75, 3.05) is 13.2 Å². The Labute approximate surface area is 218 Å². The van der Waals surface area contributed by atoms with Crippen LogP contribution in [0.15, 0.2) is 24.3 Å². The smallest absolute Gasteiger partial charge is 0.0651 e. The van der Waals surface area contributed by atoms with Crippen molar-refractivity contribution in [1.82, 2.24) is 0 Å². The lowest BCUT2D eigenvalue weighted by molar-refractivity contribution is 0.150. The summed E-state index contributed by atoms with van der Waals surface area (Å²) < 4.78 is 5.85. The van der Waals surface area contributed by atoms with E-state index in [-0.39, 0.29) is 0 Å². The minimum absolute atomic E-state index is 0.783. The SMILES string of the molecule is C[C@H]1CC[C@H]([C@H]2CC[C@H](CC=CCOCC=CC[C@H]3CC[C@H]([C@H]4CC[C@H](C)CC4)CC3)CC2)CC1. The Balaban J connectivity index is 0.977. The molecule has 0 aromatic rings. The molecule has 0 spiro atoms. The third-order valence-corrected chi connectivity index (χ3v) is 10.9. The average molecular weight is 483 g/mol. The van der Waals surface area contributed by atoms with Gasteiger partial charge in [-0.2, -0.15) is 0 Å². The van der Waals surface area contributed by atoms with Crippen LogP contribution in [-0.4, -0.2) is 13.2 Å². The second kappa shape index (κ2) is 15.0. The lowest BCUT2D eigenvalue weighted by atomic mass is 9.69. The molecule has 0 aromatic heterocycles. The van der Waals surface area contributed by atoms with Crippen molar-refractivity contribution in [3.05, 3.63) is 24.3 Å². The number of ether oxygens (including phenoxy) is 1. The zero-order chi connectivity index (χ0) is 24.3. The van der Waals surface area contributed by atoms with Gasteiger partial charge < -0.3 is 4.74 Å². The van der Waals surface area contributed by atoms with E-state index in [4.69, 9.17) is 4.74 Å². The second-order valence-electron chi connectivity index (χ2n) is 13.6. The van der Waals surface area contributed by atoms with E-state index in [0.717, 1.165) is 60.6 Å². The van der Waals surface area contributed by atoms with Crippen LogP contribution in [0, 0.1) is 47.3 Å². The topological polar surface area (TPSA) is 9.23 Å². The monoisotopic (exact) mass is 482 g/mol. The summed E-state index contributed by atoms with van der Waals surface area (Å²) in [6, 6.07) is 0. The molecule has 1 nitrogen and oxygen atoms in total. The maximum absolute atomic E-state index is 5.85. The van der Waals surface area contributed by atoms with E-state index in [1.54, 1.807) is 0 Å². The van der Waals surface area contributed by atoms with Crippen LogP contribution in [0.5, 0.6) is 0 Å². The first-order valence-corrected chi connectivity index (χ1v) is 16.0. The summed E-state index contributed by atoms with van der Waals surface area (Å²) >= 11 is 0. The maximum atomic E-state index is 5.85. The van der Waals surface area contributed by atoms with Crippen LogP contribution < -0.4 is 0 Å². The van der Waals surface area contributed by atoms with Crippen LogP contribution >= 0.6 is 0 Å². The Morgan fingerprint density at radius 2 is 0.743 bits per heavy atom. The van der Waals surface area contributed by atoms with Gasteiger partial charge in [-0.15, -0.1) is 0 Å². The summed E-state index contributed by atoms with van der Waals surface area (Å²) in [4.78, 5) is 0. The Kier molecular flexibility index (Phi) is 11.8. The van der Waals surface area contributed by atoms with Crippen LogP contribution in [0.3, 0.4) is 0 Å². The van der Waals surface area contributed by atoms with Crippen molar-refractivity contribution < 1.29 is 4.74 Å². The number of hydrogen-bond donors (Lipinski definition) is 0. The van der Waals surface area contributed by atoms with Gasteiger partial charge in [0, 0.05) is 0 Å². The third kappa shape index (κ3) is 9.36. The molecule has 0 aromatic carbocycles. The summed E-state index contributed by atoms with van der Waals surface area (Å²) in [6.45, 7) is 6.46. The van der Waals surface area contributed by atoms with Crippen molar-refractivity contribution in [3.63, 3.8) is 0 Å². The molecule has 4 saturated carbocycles. The predicted octanol–water partition coefficient (Wildman–Crippen LogP) is 10.2. The van der Waals surface area contributed by atoms with Crippen LogP contribution in [-0.2, 0) is 4.74 Å². The van der Waals surface area contributed by atoms with Gasteiger partial charge >= 0.3 is 0 Å². The van der Waals surface area contributed by atoms with Crippen molar-refractivity contribution in [3.8, 4) is 0 Å². The lowest BCUT2D eigenvalue weighted by Gasteiger charge is -2.37. The van der Waals surface area contributed by atoms with Gasteiger partial charge in [0.15, 0.2) is 0 Å². The minimum Gasteiger partial charge on any atom is -0.373 e. The number of allylic oxidation sites excluding steroid dienone is 2. The molecule has 4 aliphatic rings. The molecule has 0 atom stereocenters. The number of rotatable bonds is 10. The summed E-state index contributed by atoms with van der Waals surface area (Å²) in [5.41, 5.74) is 0. The van der Waals surface area contributed by atoms with E-state index in [0.29, 0.717) is 0 Å². The van der Waals surface area contributed by atoms with Gasteiger partial charge in [-0.25, -0.2) is 0 Å². The summed E-state index contributed by atoms with van der Waals surface area (Å²) in [7, 11) is 0. The maximum Gasteiger partial charge on any atom is 0.0651 e. The molecular weight excluding hydrogens is 424 g/mol. The molecule has 4 aliphatic carbocycles. The lowest BCUT2D eigenvalue weighted by Crippen LogP contribution is -2.25. The fourth-order valence-electron chi connectivity index (χ4n) is 8.22. The van der Waals surface area contributed by atoms with Crippen molar-refractivity contribution >= 4 is 0 Å². The molecule has 0 radical (unpaired) electrons. The first-order chi connectivity index (χ1) is 17.2. The van der Waals surface area contributed by atoms with E-state index in [1.807, 2.05) is 0 Å². The summed E-state index contributed by atoms with van der Waals surface area (Å²) in [6.07, 6.45) is 35.8. The van der Waals surface area contributed by atoms with Gasteiger partial charge in [0.1, 0.15) is 0 Å². The molecule has 0 N–H and O–H groups in total. The quantitative estimate of drug-likeness (QED) is 0.222. The molecule has 0 aliphatic heterocycles. The highest BCUT2D eigenvalue weighted by Crippen LogP contribution is 2.43. The molecule has 1 heteroatoms. The molecule has 0 bridgehead atoms. The molecular formula is C34H58O. The molecule has 0 saturated heterocycles. The molecule has 0 amide bonds. The van der Waals surface area contributed by atoms with Crippen molar-refractivity contribution in [1.29, 1.82) is 0 Å². The normalized spacial score (nSPS) is 39.4. The van der Waals surface area contributed by atoms with Gasteiger partial charge in [0.05, 0.1) is 13.2 Å². The van der Waals surface area contributed by atoms with Crippen molar-refractivity contribution in [2.24, 2.45) is 47.3 Å². The van der Waals surface area contributed by atoms with Gasteiger partial charge in [-0.1, -0.05) is 63.8 Å². The van der Waals surface area contributed by atoms with E-state index in [2.05, 4.69) is 38.2 Å². The zero-order valence-corrected chi connectivity index (χ0v) is 23.5. The van der Waals surface area contributed by atoms with Gasteiger partial charge in [0.25, 0.3) is 0 Å². The molecule has 4 rings (SSSR count). The molecule has 200 valence electrons. The predicted molar refractivity (Wildman–Crippen MR) is 151 cm³/mol. The standard InChI is InChI=1S/C34H58O/c1-27-9-17-31(18-10-27)33-21-13-29(14-22-33)7-3-5-25-35-26-6-4-8-30-15-23-34(24-16-30)32-19-11-28(2)12-20-32/h3-6,27-34H,7-26H2,1-2H3/t27-,28-,29-,30-,31-,32-,33-,34-. The van der Waals surface area contributed by atoms with Crippen LogP contribution in [0.2, 0.25) is 0 Å². The summed E-state index contributed by atoms with van der Waals surface area (Å²) in [5, 5.41) is 0. The second-order valence-corrected chi connectivity index (χ2v) is 13.6. The number of hydrogen-bond acceptors (Lipinski definition) is 1. The van der Waals surface area contributed by atoms with E-state index < -0.39 is 0 Å². The Hall–Kier alpha value is -0.560. The molecule has 35 heavy (non-hydrogen) atoms. The van der Waals surface area contributed by atoms with Gasteiger partial charge in [-0.3, -0.25) is 0 Å². The summed E-state index contributed by atoms with van der Waals surface area (Å²) in [5.74, 6) is 8.07. The highest BCUT2D eigenvalue weighted by Gasteiger charge is 2.30. The Morgan fingerprint density at radius 3 is 1.09 bits per heavy atom.